The first kappa shape index (κ1) is 14.2. The number of hydrogen-bond acceptors (Lipinski definition) is 4. The van der Waals surface area contributed by atoms with E-state index in [4.69, 9.17) is 22.6 Å². The van der Waals surface area contributed by atoms with Gasteiger partial charge >= 0.3 is 0 Å². The van der Waals surface area contributed by atoms with Gasteiger partial charge in [0, 0.05) is 0 Å². The molecule has 0 aliphatic rings. The molecule has 0 radical (unpaired) electrons. The number of para-hydroxylation sites is 2. The maximum Gasteiger partial charge on any atom is 0.263 e. The normalized spacial score (nSPS) is 10.8. The number of nitrogens with two attached hydrogens (primary N) is 1. The van der Waals surface area contributed by atoms with E-state index in [9.17, 15) is 8.42 Å². The van der Waals surface area contributed by atoms with Gasteiger partial charge in [-0.05, 0) is 30.3 Å². The van der Waals surface area contributed by atoms with Crippen LogP contribution in [0.25, 0.3) is 0 Å². The molecule has 0 atom stereocenters. The highest BCUT2D eigenvalue weighted by Crippen LogP contribution is 2.26. The van der Waals surface area contributed by atoms with Crippen LogP contribution in [0, 0.1) is 11.3 Å². The van der Waals surface area contributed by atoms with Gasteiger partial charge in [-0.2, -0.15) is 5.26 Å². The largest absolute Gasteiger partial charge is 0.397 e. The monoisotopic (exact) mass is 307 g/mol. The molecule has 20 heavy (non-hydrogen) atoms. The number of nitrogens with one attached hydrogen (secondary N) is 1. The summed E-state index contributed by atoms with van der Waals surface area (Å²) in [4.78, 5) is -0.165. The van der Waals surface area contributed by atoms with Gasteiger partial charge in [0.1, 0.15) is 4.90 Å². The predicted molar refractivity (Wildman–Crippen MR) is 77.8 cm³/mol. The molecule has 0 amide bonds. The number of rotatable bonds is 3. The molecule has 5 nitrogen and oxygen atoms in total. The minimum Gasteiger partial charge on any atom is -0.397 e. The highest BCUT2D eigenvalue weighted by atomic mass is 35.5. The van der Waals surface area contributed by atoms with Gasteiger partial charge < -0.3 is 5.73 Å². The Balaban J connectivity index is 2.47. The van der Waals surface area contributed by atoms with Crippen LogP contribution < -0.4 is 10.5 Å². The van der Waals surface area contributed by atoms with Crippen LogP contribution in [0.4, 0.5) is 11.4 Å². The van der Waals surface area contributed by atoms with E-state index >= 15 is 0 Å². The lowest BCUT2D eigenvalue weighted by atomic mass is 10.2. The fourth-order valence-corrected chi connectivity index (χ4v) is 3.18. The van der Waals surface area contributed by atoms with Gasteiger partial charge in [0.05, 0.1) is 28.0 Å². The SMILES string of the molecule is N#Cc1ccc(Cl)c(S(=O)(=O)Nc2ccccc2N)c1. The fourth-order valence-electron chi connectivity index (χ4n) is 1.57. The Morgan fingerprint density at radius 3 is 2.55 bits per heavy atom. The Morgan fingerprint density at radius 2 is 1.90 bits per heavy atom. The third-order valence-electron chi connectivity index (χ3n) is 2.55. The Hall–Kier alpha value is -2.23. The van der Waals surface area contributed by atoms with Crippen LogP contribution in [0.5, 0.6) is 0 Å². The number of halogens is 1. The lowest BCUT2D eigenvalue weighted by Crippen LogP contribution is -2.14. The van der Waals surface area contributed by atoms with Crippen LogP contribution in [0.15, 0.2) is 47.4 Å². The van der Waals surface area contributed by atoms with Gasteiger partial charge in [0.2, 0.25) is 0 Å². The summed E-state index contributed by atoms with van der Waals surface area (Å²) < 4.78 is 26.9. The summed E-state index contributed by atoms with van der Waals surface area (Å²) in [5, 5.41) is 8.86. The van der Waals surface area contributed by atoms with Crippen molar-refractivity contribution in [1.29, 1.82) is 5.26 Å². The second-order valence-corrected chi connectivity index (χ2v) is 6.01. The van der Waals surface area contributed by atoms with Crippen molar-refractivity contribution in [3.05, 3.63) is 53.1 Å². The molecule has 0 bridgehead atoms. The summed E-state index contributed by atoms with van der Waals surface area (Å²) in [5.41, 5.74) is 6.44. The fraction of sp³-hybridized carbons (Fsp3) is 0. The first-order valence-corrected chi connectivity index (χ1v) is 7.37. The number of hydrogen-bond donors (Lipinski definition) is 2. The van der Waals surface area contributed by atoms with Crippen molar-refractivity contribution in [2.75, 3.05) is 10.5 Å². The van der Waals surface area contributed by atoms with Gasteiger partial charge in [-0.1, -0.05) is 23.7 Å². The van der Waals surface area contributed by atoms with Crippen molar-refractivity contribution in [3.8, 4) is 6.07 Å². The zero-order valence-corrected chi connectivity index (χ0v) is 11.7. The third-order valence-corrected chi connectivity index (χ3v) is 4.40. The van der Waals surface area contributed by atoms with Crippen molar-refractivity contribution < 1.29 is 8.42 Å². The smallest absolute Gasteiger partial charge is 0.263 e. The van der Waals surface area contributed by atoms with Crippen LogP contribution >= 0.6 is 11.6 Å². The molecule has 2 rings (SSSR count). The zero-order valence-electron chi connectivity index (χ0n) is 10.2. The molecule has 0 unspecified atom stereocenters. The molecule has 0 aliphatic heterocycles. The molecule has 0 saturated carbocycles. The van der Waals surface area contributed by atoms with E-state index in [-0.39, 0.29) is 21.2 Å². The minimum absolute atomic E-state index is 0.0333. The Kier molecular flexibility index (Phi) is 3.84. The predicted octanol–water partition coefficient (Wildman–Crippen LogP) is 2.59. The molecule has 2 aromatic rings. The molecule has 0 aliphatic carbocycles. The van der Waals surface area contributed by atoms with Gasteiger partial charge in [0.15, 0.2) is 0 Å². The Morgan fingerprint density at radius 1 is 1.20 bits per heavy atom. The van der Waals surface area contributed by atoms with Crippen LogP contribution in [0.2, 0.25) is 5.02 Å². The minimum atomic E-state index is -3.91. The topological polar surface area (TPSA) is 96.0 Å². The second-order valence-electron chi connectivity index (χ2n) is 3.95. The van der Waals surface area contributed by atoms with E-state index in [0.29, 0.717) is 5.69 Å². The second kappa shape index (κ2) is 5.41. The number of nitrogens with zero attached hydrogens (tertiary/aromatic N) is 1. The van der Waals surface area contributed by atoms with Crippen molar-refractivity contribution in [2.45, 2.75) is 4.90 Å². The first-order valence-electron chi connectivity index (χ1n) is 5.51. The lowest BCUT2D eigenvalue weighted by molar-refractivity contribution is 0.601. The summed E-state index contributed by atoms with van der Waals surface area (Å²) >= 11 is 5.88. The molecule has 0 heterocycles. The van der Waals surface area contributed by atoms with Gasteiger partial charge in [-0.25, -0.2) is 8.42 Å². The first-order chi connectivity index (χ1) is 9.44. The molecular weight excluding hydrogens is 298 g/mol. The summed E-state index contributed by atoms with van der Waals surface area (Å²) in [5.74, 6) is 0. The number of nitrogen functional groups attached to an aromatic ring is 1. The van der Waals surface area contributed by atoms with Crippen LogP contribution in [-0.4, -0.2) is 8.42 Å². The van der Waals surface area contributed by atoms with Gasteiger partial charge in [-0.3, -0.25) is 4.72 Å². The molecule has 102 valence electrons. The number of sulfonamides is 1. The summed E-state index contributed by atoms with van der Waals surface area (Å²) in [6, 6.07) is 12.3. The zero-order chi connectivity index (χ0) is 14.8. The van der Waals surface area contributed by atoms with Crippen LogP contribution in [0.1, 0.15) is 5.56 Å². The molecule has 0 aromatic heterocycles. The molecular formula is C13H10ClN3O2S. The van der Waals surface area contributed by atoms with E-state index in [0.717, 1.165) is 0 Å². The lowest BCUT2D eigenvalue weighted by Gasteiger charge is -2.11. The third kappa shape index (κ3) is 2.85. The van der Waals surface area contributed by atoms with Crippen molar-refractivity contribution >= 4 is 33.0 Å². The number of benzene rings is 2. The van der Waals surface area contributed by atoms with E-state index in [1.165, 1.54) is 24.3 Å². The molecule has 0 fully saturated rings. The molecule has 0 spiro atoms. The summed E-state index contributed by atoms with van der Waals surface area (Å²) in [7, 11) is -3.91. The van der Waals surface area contributed by atoms with Gasteiger partial charge in [0.25, 0.3) is 10.0 Å². The average Bonchev–Trinajstić information content (AvgIpc) is 2.41. The quantitative estimate of drug-likeness (QED) is 0.852. The molecule has 3 N–H and O–H groups in total. The van der Waals surface area contributed by atoms with Crippen molar-refractivity contribution in [3.63, 3.8) is 0 Å². The van der Waals surface area contributed by atoms with Gasteiger partial charge in [-0.15, -0.1) is 0 Å². The summed E-state index contributed by atoms with van der Waals surface area (Å²) in [6.45, 7) is 0. The summed E-state index contributed by atoms with van der Waals surface area (Å²) in [6.07, 6.45) is 0. The van der Waals surface area contributed by atoms with Crippen LogP contribution in [0.3, 0.4) is 0 Å². The van der Waals surface area contributed by atoms with Crippen molar-refractivity contribution in [2.24, 2.45) is 0 Å². The highest BCUT2D eigenvalue weighted by molar-refractivity contribution is 7.92. The molecule has 0 saturated heterocycles. The number of anilines is 2. The highest BCUT2D eigenvalue weighted by Gasteiger charge is 2.19. The van der Waals surface area contributed by atoms with Crippen molar-refractivity contribution in [1.82, 2.24) is 0 Å². The maximum atomic E-state index is 12.3. The van der Waals surface area contributed by atoms with Crippen LogP contribution in [-0.2, 0) is 10.0 Å². The Bertz CT molecular complexity index is 798. The maximum absolute atomic E-state index is 12.3. The Labute approximate surface area is 121 Å². The molecule has 2 aromatic carbocycles. The standard InChI is InChI=1S/C13H10ClN3O2S/c14-10-6-5-9(8-15)7-13(10)20(18,19)17-12-4-2-1-3-11(12)16/h1-7,17H,16H2. The average molecular weight is 308 g/mol. The molecule has 7 heteroatoms. The van der Waals surface area contributed by atoms with E-state index in [1.54, 1.807) is 18.2 Å². The van der Waals surface area contributed by atoms with E-state index in [1.807, 2.05) is 6.07 Å². The van der Waals surface area contributed by atoms with E-state index in [2.05, 4.69) is 4.72 Å². The number of nitriles is 1. The van der Waals surface area contributed by atoms with E-state index < -0.39 is 10.0 Å².